The van der Waals surface area contributed by atoms with Crippen molar-refractivity contribution in [3.63, 3.8) is 0 Å². The third-order valence-electron chi connectivity index (χ3n) is 2.51. The molecule has 3 nitrogen and oxygen atoms in total. The lowest BCUT2D eigenvalue weighted by molar-refractivity contribution is 0.566. The zero-order valence-corrected chi connectivity index (χ0v) is 13.1. The number of benzene rings is 1. The largest absolute Gasteiger partial charge is 0.251 e. The highest BCUT2D eigenvalue weighted by atomic mass is 79.9. The quantitative estimate of drug-likeness (QED) is 0.900. The first kappa shape index (κ1) is 14.6. The topological polar surface area (TPSA) is 46.2 Å². The molecule has 2 aromatic rings. The van der Waals surface area contributed by atoms with Gasteiger partial charge in [0.2, 0.25) is 0 Å². The predicted molar refractivity (Wildman–Crippen MR) is 77.2 cm³/mol. The van der Waals surface area contributed by atoms with E-state index in [1.807, 2.05) is 0 Å². The highest BCUT2D eigenvalue weighted by Gasteiger charge is 2.22. The number of halogens is 2. The van der Waals surface area contributed by atoms with E-state index in [-0.39, 0.29) is 10.0 Å². The average Bonchev–Trinajstić information content (AvgIpc) is 2.75. The van der Waals surface area contributed by atoms with Gasteiger partial charge in [0, 0.05) is 10.5 Å². The lowest BCUT2D eigenvalue weighted by Crippen LogP contribution is -2.26. The summed E-state index contributed by atoms with van der Waals surface area (Å²) in [5.74, 6) is -0.388. The highest BCUT2D eigenvalue weighted by molar-refractivity contribution is 9.10. The normalized spacial score (nSPS) is 13.4. The van der Waals surface area contributed by atoms with Gasteiger partial charge in [-0.25, -0.2) is 17.5 Å². The van der Waals surface area contributed by atoms with Gasteiger partial charge in [0.15, 0.2) is 0 Å². The Morgan fingerprint density at radius 3 is 2.68 bits per heavy atom. The van der Waals surface area contributed by atoms with Crippen molar-refractivity contribution >= 4 is 37.3 Å². The Morgan fingerprint density at radius 2 is 2.11 bits per heavy atom. The van der Waals surface area contributed by atoms with Gasteiger partial charge in [0.1, 0.15) is 10.0 Å². The third-order valence-corrected chi connectivity index (χ3v) is 6.72. The summed E-state index contributed by atoms with van der Waals surface area (Å²) in [5, 5.41) is 1.69. The number of sulfonamides is 1. The minimum atomic E-state index is -3.61. The molecule has 1 aromatic carbocycles. The lowest BCUT2D eigenvalue weighted by atomic mass is 10.1. The van der Waals surface area contributed by atoms with Crippen LogP contribution in [-0.4, -0.2) is 8.42 Å². The summed E-state index contributed by atoms with van der Waals surface area (Å²) in [4.78, 5) is 0. The Balaban J connectivity index is 2.24. The van der Waals surface area contributed by atoms with Crippen molar-refractivity contribution in [2.24, 2.45) is 0 Å². The van der Waals surface area contributed by atoms with Crippen molar-refractivity contribution in [1.82, 2.24) is 4.72 Å². The molecule has 0 aliphatic heterocycles. The van der Waals surface area contributed by atoms with Crippen LogP contribution < -0.4 is 4.72 Å². The fourth-order valence-corrected chi connectivity index (χ4v) is 5.19. The van der Waals surface area contributed by atoms with E-state index in [0.29, 0.717) is 10.0 Å². The molecule has 1 atom stereocenters. The standard InChI is InChI=1S/C12H11BrFNO2S2/c1-8(9-3-2-4-10(14)7-9)15-19(16,17)12-11(13)5-6-18-12/h2-8,15H,1H3. The van der Waals surface area contributed by atoms with Gasteiger partial charge in [0.05, 0.1) is 0 Å². The Morgan fingerprint density at radius 1 is 1.37 bits per heavy atom. The molecule has 1 N–H and O–H groups in total. The van der Waals surface area contributed by atoms with Crippen LogP contribution in [0.1, 0.15) is 18.5 Å². The first-order chi connectivity index (χ1) is 8.90. The Hall–Kier alpha value is -0.760. The van der Waals surface area contributed by atoms with Crippen LogP contribution in [0.15, 0.2) is 44.4 Å². The van der Waals surface area contributed by atoms with Gasteiger partial charge < -0.3 is 0 Å². The lowest BCUT2D eigenvalue weighted by Gasteiger charge is -2.14. The van der Waals surface area contributed by atoms with Crippen molar-refractivity contribution in [1.29, 1.82) is 0 Å². The number of rotatable bonds is 4. The van der Waals surface area contributed by atoms with Crippen LogP contribution in [0.2, 0.25) is 0 Å². The van der Waals surface area contributed by atoms with Crippen LogP contribution in [0.25, 0.3) is 0 Å². The molecule has 0 saturated heterocycles. The molecule has 0 saturated carbocycles. The molecule has 0 aliphatic rings. The Kier molecular flexibility index (Phi) is 4.39. The van der Waals surface area contributed by atoms with Crippen molar-refractivity contribution in [2.45, 2.75) is 17.2 Å². The van der Waals surface area contributed by atoms with Crippen LogP contribution in [0, 0.1) is 5.82 Å². The van der Waals surface area contributed by atoms with E-state index in [1.165, 1.54) is 12.1 Å². The minimum absolute atomic E-state index is 0.218. The fourth-order valence-electron chi connectivity index (χ4n) is 1.60. The molecular formula is C12H11BrFNO2S2. The Bertz CT molecular complexity index is 685. The van der Waals surface area contributed by atoms with Crippen LogP contribution >= 0.6 is 27.3 Å². The molecule has 0 aliphatic carbocycles. The maximum absolute atomic E-state index is 13.1. The predicted octanol–water partition coefficient (Wildman–Crippen LogP) is 3.69. The molecule has 19 heavy (non-hydrogen) atoms. The van der Waals surface area contributed by atoms with E-state index in [1.54, 1.807) is 30.5 Å². The van der Waals surface area contributed by atoms with E-state index < -0.39 is 16.1 Å². The van der Waals surface area contributed by atoms with Gasteiger partial charge in [0.25, 0.3) is 10.0 Å². The highest BCUT2D eigenvalue weighted by Crippen LogP contribution is 2.28. The summed E-state index contributed by atoms with van der Waals surface area (Å²) in [6, 6.07) is 7.04. The Labute approximate surface area is 123 Å². The summed E-state index contributed by atoms with van der Waals surface area (Å²) < 4.78 is 40.7. The van der Waals surface area contributed by atoms with E-state index in [0.717, 1.165) is 11.3 Å². The molecule has 0 radical (unpaired) electrons. The van der Waals surface area contributed by atoms with E-state index >= 15 is 0 Å². The SMILES string of the molecule is CC(NS(=O)(=O)c1sccc1Br)c1cccc(F)c1. The molecule has 0 amide bonds. The van der Waals surface area contributed by atoms with Gasteiger partial charge in [-0.05, 0) is 52.0 Å². The molecule has 1 heterocycles. The number of nitrogens with one attached hydrogen (secondary N) is 1. The van der Waals surface area contributed by atoms with Crippen LogP contribution in [0.3, 0.4) is 0 Å². The number of hydrogen-bond acceptors (Lipinski definition) is 3. The zero-order valence-electron chi connectivity index (χ0n) is 9.93. The number of hydrogen-bond donors (Lipinski definition) is 1. The molecular weight excluding hydrogens is 353 g/mol. The first-order valence-electron chi connectivity index (χ1n) is 5.41. The van der Waals surface area contributed by atoms with Crippen molar-refractivity contribution < 1.29 is 12.8 Å². The van der Waals surface area contributed by atoms with Gasteiger partial charge in [-0.1, -0.05) is 12.1 Å². The smallest absolute Gasteiger partial charge is 0.207 e. The van der Waals surface area contributed by atoms with E-state index in [9.17, 15) is 12.8 Å². The van der Waals surface area contributed by atoms with Crippen LogP contribution in [-0.2, 0) is 10.0 Å². The minimum Gasteiger partial charge on any atom is -0.207 e. The third kappa shape index (κ3) is 3.42. The van der Waals surface area contributed by atoms with E-state index in [4.69, 9.17) is 0 Å². The summed E-state index contributed by atoms with van der Waals surface area (Å²) in [6.45, 7) is 1.67. The molecule has 7 heteroatoms. The summed E-state index contributed by atoms with van der Waals surface area (Å²) in [6.07, 6.45) is 0. The molecule has 2 rings (SSSR count). The zero-order chi connectivity index (χ0) is 14.0. The van der Waals surface area contributed by atoms with Gasteiger partial charge in [-0.3, -0.25) is 0 Å². The molecule has 1 aromatic heterocycles. The fraction of sp³-hybridized carbons (Fsp3) is 0.167. The second kappa shape index (κ2) is 5.70. The molecule has 0 bridgehead atoms. The molecule has 1 unspecified atom stereocenters. The second-order valence-electron chi connectivity index (χ2n) is 3.95. The van der Waals surface area contributed by atoms with E-state index in [2.05, 4.69) is 20.7 Å². The maximum atomic E-state index is 13.1. The van der Waals surface area contributed by atoms with Crippen LogP contribution in [0.5, 0.6) is 0 Å². The first-order valence-corrected chi connectivity index (χ1v) is 8.56. The van der Waals surface area contributed by atoms with Crippen molar-refractivity contribution in [3.8, 4) is 0 Å². The average molecular weight is 364 g/mol. The summed E-state index contributed by atoms with van der Waals surface area (Å²) >= 11 is 4.32. The monoisotopic (exact) mass is 363 g/mol. The van der Waals surface area contributed by atoms with Gasteiger partial charge in [-0.2, -0.15) is 0 Å². The summed E-state index contributed by atoms with van der Waals surface area (Å²) in [5.41, 5.74) is 0.580. The second-order valence-corrected chi connectivity index (χ2v) is 7.63. The summed E-state index contributed by atoms with van der Waals surface area (Å²) in [7, 11) is -3.61. The van der Waals surface area contributed by atoms with Crippen molar-refractivity contribution in [3.05, 3.63) is 51.6 Å². The molecule has 0 fully saturated rings. The van der Waals surface area contributed by atoms with Gasteiger partial charge in [-0.15, -0.1) is 11.3 Å². The maximum Gasteiger partial charge on any atom is 0.251 e. The van der Waals surface area contributed by atoms with Crippen molar-refractivity contribution in [2.75, 3.05) is 0 Å². The molecule has 0 spiro atoms. The number of thiophene rings is 1. The van der Waals surface area contributed by atoms with Gasteiger partial charge >= 0.3 is 0 Å². The molecule has 102 valence electrons. The van der Waals surface area contributed by atoms with Crippen LogP contribution in [0.4, 0.5) is 4.39 Å².